The predicted molar refractivity (Wildman–Crippen MR) is 103 cm³/mol. The third-order valence-corrected chi connectivity index (χ3v) is 6.20. The Hall–Kier alpha value is -3.39. The molecule has 28 heavy (non-hydrogen) atoms. The molecule has 140 valence electrons. The Balaban J connectivity index is 1.89. The van der Waals surface area contributed by atoms with Gasteiger partial charge in [-0.25, -0.2) is 0 Å². The summed E-state index contributed by atoms with van der Waals surface area (Å²) < 4.78 is 5.20. The van der Waals surface area contributed by atoms with Crippen LogP contribution in [0.4, 0.5) is 0 Å². The Labute approximate surface area is 163 Å². The zero-order chi connectivity index (χ0) is 19.9. The van der Waals surface area contributed by atoms with Crippen molar-refractivity contribution in [1.82, 2.24) is 4.90 Å². The maximum Gasteiger partial charge on any atom is 0.319 e. The van der Waals surface area contributed by atoms with Crippen LogP contribution in [-0.2, 0) is 26.3 Å². The number of hydrogen-bond donors (Lipinski definition) is 0. The molecule has 0 saturated heterocycles. The summed E-state index contributed by atoms with van der Waals surface area (Å²) in [4.78, 5) is 27.9. The number of carbonyl (C=O) groups is 2. The highest BCUT2D eigenvalue weighted by Crippen LogP contribution is 2.69. The van der Waals surface area contributed by atoms with Gasteiger partial charge in [-0.3, -0.25) is 9.59 Å². The van der Waals surface area contributed by atoms with Crippen LogP contribution in [0.25, 0.3) is 0 Å². The molecule has 5 heteroatoms. The molecule has 0 bridgehead atoms. The van der Waals surface area contributed by atoms with Crippen LogP contribution in [0.3, 0.4) is 0 Å². The number of nitrogens with zero attached hydrogens (tertiary/aromatic N) is 2. The van der Waals surface area contributed by atoms with E-state index in [1.54, 1.807) is 11.0 Å². The number of amides is 1. The Kier molecular flexibility index (Phi) is 4.08. The van der Waals surface area contributed by atoms with Crippen molar-refractivity contribution in [2.45, 2.75) is 24.4 Å². The quantitative estimate of drug-likeness (QED) is 0.774. The molecule has 0 N–H and O–H groups in total. The lowest BCUT2D eigenvalue weighted by Crippen LogP contribution is -2.48. The fraction of sp³-hybridized carbons (Fsp3) is 0.261. The van der Waals surface area contributed by atoms with Crippen LogP contribution in [0.1, 0.15) is 18.1 Å². The highest BCUT2D eigenvalue weighted by atomic mass is 16.5. The molecule has 3 unspecified atom stereocenters. The summed E-state index contributed by atoms with van der Waals surface area (Å²) in [7, 11) is 1.36. The lowest BCUT2D eigenvalue weighted by molar-refractivity contribution is -0.146. The van der Waals surface area contributed by atoms with Gasteiger partial charge in [-0.1, -0.05) is 66.7 Å². The average molecular weight is 372 g/mol. The van der Waals surface area contributed by atoms with Crippen molar-refractivity contribution in [1.29, 1.82) is 5.26 Å². The highest BCUT2D eigenvalue weighted by molar-refractivity contribution is 6.04. The highest BCUT2D eigenvalue weighted by Gasteiger charge is 2.83. The van der Waals surface area contributed by atoms with E-state index in [1.165, 1.54) is 7.11 Å². The molecule has 0 spiro atoms. The molecular formula is C23H20N2O3. The number of fused-ring (bicyclic) bond motifs is 1. The molecule has 4 rings (SSSR count). The molecule has 2 aromatic rings. The van der Waals surface area contributed by atoms with E-state index in [-0.39, 0.29) is 17.4 Å². The number of rotatable bonds is 4. The molecule has 2 aromatic carbocycles. The van der Waals surface area contributed by atoms with Crippen LogP contribution in [0.5, 0.6) is 0 Å². The van der Waals surface area contributed by atoms with Gasteiger partial charge in [-0.05, 0) is 18.1 Å². The van der Waals surface area contributed by atoms with E-state index in [2.05, 4.69) is 0 Å². The van der Waals surface area contributed by atoms with E-state index < -0.39 is 16.9 Å². The van der Waals surface area contributed by atoms with Crippen molar-refractivity contribution in [2.24, 2.45) is 5.92 Å². The smallest absolute Gasteiger partial charge is 0.319 e. The van der Waals surface area contributed by atoms with Gasteiger partial charge in [0.05, 0.1) is 12.6 Å². The van der Waals surface area contributed by atoms with Crippen molar-refractivity contribution in [3.63, 3.8) is 0 Å². The van der Waals surface area contributed by atoms with E-state index in [0.29, 0.717) is 6.54 Å². The fourth-order valence-corrected chi connectivity index (χ4v) is 4.77. The van der Waals surface area contributed by atoms with Crippen molar-refractivity contribution in [3.05, 3.63) is 83.4 Å². The summed E-state index contributed by atoms with van der Waals surface area (Å²) in [6.45, 7) is 2.23. The van der Waals surface area contributed by atoms with Crippen LogP contribution in [0, 0.1) is 17.2 Å². The largest absolute Gasteiger partial charge is 0.468 e. The topological polar surface area (TPSA) is 70.4 Å². The molecule has 2 aliphatic rings. The van der Waals surface area contributed by atoms with Crippen LogP contribution < -0.4 is 0 Å². The standard InChI is InChI=1S/C23H20N2O3/c1-22-19(23(22,21(27)28-2)18-11-7-4-8-12-18)13-17(14-24)20(26)25(22)15-16-9-5-3-6-10-16/h3-13,19H,15H2,1-2H3. The summed E-state index contributed by atoms with van der Waals surface area (Å²) in [5, 5.41) is 9.52. The monoisotopic (exact) mass is 372 g/mol. The minimum absolute atomic E-state index is 0.0696. The van der Waals surface area contributed by atoms with E-state index in [9.17, 15) is 14.9 Å². The van der Waals surface area contributed by atoms with Crippen molar-refractivity contribution < 1.29 is 14.3 Å². The second kappa shape index (κ2) is 6.35. The third kappa shape index (κ3) is 2.18. The number of methoxy groups -OCH3 is 1. The summed E-state index contributed by atoms with van der Waals surface area (Å²) >= 11 is 0. The normalized spacial score (nSPS) is 28.0. The molecule has 3 atom stereocenters. The van der Waals surface area contributed by atoms with Gasteiger partial charge in [0.15, 0.2) is 0 Å². The zero-order valence-corrected chi connectivity index (χ0v) is 15.8. The maximum atomic E-state index is 13.1. The molecular weight excluding hydrogens is 352 g/mol. The van der Waals surface area contributed by atoms with Gasteiger partial charge in [0.1, 0.15) is 17.1 Å². The van der Waals surface area contributed by atoms with Gasteiger partial charge in [0, 0.05) is 12.5 Å². The molecule has 1 saturated carbocycles. The third-order valence-electron chi connectivity index (χ3n) is 6.20. The second-order valence-electron chi connectivity index (χ2n) is 7.36. The van der Waals surface area contributed by atoms with Gasteiger partial charge < -0.3 is 9.64 Å². The Morgan fingerprint density at radius 2 is 1.75 bits per heavy atom. The number of nitriles is 1. The van der Waals surface area contributed by atoms with Crippen LogP contribution >= 0.6 is 0 Å². The first-order valence-corrected chi connectivity index (χ1v) is 9.13. The van der Waals surface area contributed by atoms with E-state index in [4.69, 9.17) is 4.74 Å². The first kappa shape index (κ1) is 18.0. The maximum absolute atomic E-state index is 13.1. The number of ether oxygens (including phenoxy) is 1. The fourth-order valence-electron chi connectivity index (χ4n) is 4.77. The first-order valence-electron chi connectivity index (χ1n) is 9.13. The van der Waals surface area contributed by atoms with E-state index in [0.717, 1.165) is 11.1 Å². The zero-order valence-electron chi connectivity index (χ0n) is 15.8. The summed E-state index contributed by atoms with van der Waals surface area (Å²) in [6, 6.07) is 21.0. The summed E-state index contributed by atoms with van der Waals surface area (Å²) in [6.07, 6.45) is 1.65. The number of benzene rings is 2. The lowest BCUT2D eigenvalue weighted by atomic mass is 9.89. The Bertz CT molecular complexity index is 1010. The molecule has 1 amide bonds. The Morgan fingerprint density at radius 1 is 1.14 bits per heavy atom. The molecule has 1 heterocycles. The van der Waals surface area contributed by atoms with Gasteiger partial charge in [0.2, 0.25) is 0 Å². The van der Waals surface area contributed by atoms with Gasteiger partial charge in [0.25, 0.3) is 5.91 Å². The number of carbonyl (C=O) groups excluding carboxylic acids is 2. The van der Waals surface area contributed by atoms with Gasteiger partial charge >= 0.3 is 5.97 Å². The molecule has 1 aliphatic heterocycles. The second-order valence-corrected chi connectivity index (χ2v) is 7.36. The summed E-state index contributed by atoms with van der Waals surface area (Å²) in [5.74, 6) is -1.08. The Morgan fingerprint density at radius 3 is 2.32 bits per heavy atom. The number of esters is 1. The van der Waals surface area contributed by atoms with Crippen molar-refractivity contribution in [2.75, 3.05) is 7.11 Å². The number of hydrogen-bond acceptors (Lipinski definition) is 4. The predicted octanol–water partition coefficient (Wildman–Crippen LogP) is 2.98. The lowest BCUT2D eigenvalue weighted by Gasteiger charge is -2.34. The van der Waals surface area contributed by atoms with E-state index in [1.807, 2.05) is 73.7 Å². The molecule has 0 aromatic heterocycles. The van der Waals surface area contributed by atoms with Crippen molar-refractivity contribution in [3.8, 4) is 6.07 Å². The summed E-state index contributed by atoms with van der Waals surface area (Å²) in [5.41, 5.74) is -0.0506. The van der Waals surface area contributed by atoms with Crippen molar-refractivity contribution >= 4 is 11.9 Å². The molecule has 5 nitrogen and oxygen atoms in total. The molecule has 0 radical (unpaired) electrons. The van der Waals surface area contributed by atoms with E-state index >= 15 is 0 Å². The van der Waals surface area contributed by atoms with Gasteiger partial charge in [-0.2, -0.15) is 5.26 Å². The minimum atomic E-state index is -1.04. The van der Waals surface area contributed by atoms with Gasteiger partial charge in [-0.15, -0.1) is 0 Å². The SMILES string of the molecule is COC(=O)C1(c2ccccc2)C2C=C(C#N)C(=O)N(Cc3ccccc3)C21C. The minimum Gasteiger partial charge on any atom is -0.468 e. The van der Waals surface area contributed by atoms with Crippen LogP contribution in [-0.4, -0.2) is 29.4 Å². The molecule has 1 aliphatic carbocycles. The van der Waals surface area contributed by atoms with Crippen LogP contribution in [0.2, 0.25) is 0 Å². The average Bonchev–Trinajstić information content (AvgIpc) is 3.30. The van der Waals surface area contributed by atoms with Crippen LogP contribution in [0.15, 0.2) is 72.3 Å². The first-order chi connectivity index (χ1) is 13.5. The molecule has 1 fully saturated rings.